The van der Waals surface area contributed by atoms with Crippen LogP contribution < -0.4 is 11.1 Å². The van der Waals surface area contributed by atoms with Crippen LogP contribution in [0, 0.1) is 11.8 Å². The maximum Gasteiger partial charge on any atom is 0.405 e. The molecule has 3 rings (SSSR count). The molecule has 1 unspecified atom stereocenters. The van der Waals surface area contributed by atoms with E-state index in [4.69, 9.17) is 5.73 Å². The van der Waals surface area contributed by atoms with E-state index in [2.05, 4.69) is 21.9 Å². The summed E-state index contributed by atoms with van der Waals surface area (Å²) in [7, 11) is 0. The molecule has 1 aromatic rings. The largest absolute Gasteiger partial charge is 0.437 e. The highest BCUT2D eigenvalue weighted by molar-refractivity contribution is 6.24. The molecule has 1 fully saturated rings. The summed E-state index contributed by atoms with van der Waals surface area (Å²) in [6, 6.07) is 3.51. The standard InChI is InChI=1S/C17H13N3O6/c18-17(25)26-8-2-4-9-3-1-5-10-13(9)16(24)20(15(10)23)11-6-7-12(21)19-14(11)22/h1,3,5,11H,6-8H2,(H2,18,25)(H,19,21,22). The van der Waals surface area contributed by atoms with Crippen molar-refractivity contribution in [3.05, 3.63) is 34.9 Å². The zero-order chi connectivity index (χ0) is 18.8. The first-order valence-corrected chi connectivity index (χ1v) is 7.66. The summed E-state index contributed by atoms with van der Waals surface area (Å²) in [6.07, 6.45) is -0.863. The Kier molecular flexibility index (Phi) is 4.41. The van der Waals surface area contributed by atoms with Crippen molar-refractivity contribution in [1.29, 1.82) is 0 Å². The zero-order valence-electron chi connectivity index (χ0n) is 13.4. The molecule has 26 heavy (non-hydrogen) atoms. The van der Waals surface area contributed by atoms with Crippen molar-refractivity contribution in [2.24, 2.45) is 5.73 Å². The van der Waals surface area contributed by atoms with Crippen molar-refractivity contribution in [1.82, 2.24) is 10.2 Å². The van der Waals surface area contributed by atoms with E-state index in [9.17, 15) is 24.0 Å². The fourth-order valence-corrected chi connectivity index (χ4v) is 2.86. The summed E-state index contributed by atoms with van der Waals surface area (Å²) in [5.41, 5.74) is 5.30. The number of ether oxygens (including phenoxy) is 1. The molecule has 1 aromatic carbocycles. The molecular weight excluding hydrogens is 342 g/mol. The molecule has 0 saturated carbocycles. The molecule has 3 N–H and O–H groups in total. The average molecular weight is 355 g/mol. The summed E-state index contributed by atoms with van der Waals surface area (Å²) < 4.78 is 4.49. The third-order valence-electron chi connectivity index (χ3n) is 3.98. The second-order valence-corrected chi connectivity index (χ2v) is 5.58. The molecule has 0 spiro atoms. The molecular formula is C17H13N3O6. The van der Waals surface area contributed by atoms with E-state index in [1.165, 1.54) is 12.1 Å². The predicted octanol–water partition coefficient (Wildman–Crippen LogP) is -0.465. The number of carbonyl (C=O) groups excluding carboxylic acids is 5. The lowest BCUT2D eigenvalue weighted by Crippen LogP contribution is -2.54. The SMILES string of the molecule is NC(=O)OCC#Cc1cccc2c1C(=O)N(C1CCC(=O)NC1=O)C2=O. The van der Waals surface area contributed by atoms with Crippen molar-refractivity contribution < 1.29 is 28.7 Å². The van der Waals surface area contributed by atoms with Crippen molar-refractivity contribution in [2.75, 3.05) is 6.61 Å². The van der Waals surface area contributed by atoms with Crippen LogP contribution >= 0.6 is 0 Å². The number of fused-ring (bicyclic) bond motifs is 1. The third kappa shape index (κ3) is 3.00. The van der Waals surface area contributed by atoms with Crippen LogP contribution in [0.4, 0.5) is 4.79 Å². The molecule has 132 valence electrons. The van der Waals surface area contributed by atoms with Gasteiger partial charge in [-0.2, -0.15) is 0 Å². The van der Waals surface area contributed by atoms with E-state index in [0.717, 1.165) is 4.90 Å². The van der Waals surface area contributed by atoms with Crippen molar-refractivity contribution in [3.63, 3.8) is 0 Å². The normalized spacial score (nSPS) is 18.8. The second-order valence-electron chi connectivity index (χ2n) is 5.58. The highest BCUT2D eigenvalue weighted by atomic mass is 16.5. The van der Waals surface area contributed by atoms with Crippen LogP contribution in [0.25, 0.3) is 0 Å². The molecule has 1 atom stereocenters. The van der Waals surface area contributed by atoms with Crippen LogP contribution in [-0.2, 0) is 14.3 Å². The molecule has 2 aliphatic heterocycles. The minimum Gasteiger partial charge on any atom is -0.437 e. The molecule has 0 bridgehead atoms. The van der Waals surface area contributed by atoms with E-state index in [1.807, 2.05) is 0 Å². The number of nitrogens with two attached hydrogens (primary N) is 1. The summed E-state index contributed by atoms with van der Waals surface area (Å²) in [5, 5.41) is 2.13. The predicted molar refractivity (Wildman–Crippen MR) is 85.5 cm³/mol. The molecule has 2 aliphatic rings. The first kappa shape index (κ1) is 17.2. The minimum atomic E-state index is -1.04. The molecule has 0 aromatic heterocycles. The average Bonchev–Trinajstić information content (AvgIpc) is 2.84. The highest BCUT2D eigenvalue weighted by Gasteiger charge is 2.45. The monoisotopic (exact) mass is 355 g/mol. The minimum absolute atomic E-state index is 0.0426. The number of primary amides is 1. The van der Waals surface area contributed by atoms with Crippen LogP contribution in [-0.4, -0.2) is 47.3 Å². The smallest absolute Gasteiger partial charge is 0.405 e. The van der Waals surface area contributed by atoms with Gasteiger partial charge in [-0.25, -0.2) is 4.79 Å². The van der Waals surface area contributed by atoms with Crippen molar-refractivity contribution in [3.8, 4) is 11.8 Å². The van der Waals surface area contributed by atoms with E-state index in [-0.39, 0.29) is 36.1 Å². The fraction of sp³-hybridized carbons (Fsp3) is 0.235. The second kappa shape index (κ2) is 6.68. The first-order valence-electron chi connectivity index (χ1n) is 7.66. The molecule has 2 heterocycles. The van der Waals surface area contributed by atoms with Gasteiger partial charge in [-0.05, 0) is 18.6 Å². The number of nitrogens with one attached hydrogen (secondary N) is 1. The van der Waals surface area contributed by atoms with Crippen LogP contribution in [0.15, 0.2) is 18.2 Å². The van der Waals surface area contributed by atoms with Gasteiger partial charge >= 0.3 is 6.09 Å². The van der Waals surface area contributed by atoms with Crippen molar-refractivity contribution in [2.45, 2.75) is 18.9 Å². The van der Waals surface area contributed by atoms with Crippen LogP contribution in [0.2, 0.25) is 0 Å². The quantitative estimate of drug-likeness (QED) is 0.544. The molecule has 9 heteroatoms. The Hall–Kier alpha value is -3.67. The lowest BCUT2D eigenvalue weighted by atomic mass is 10.0. The van der Waals surface area contributed by atoms with Gasteiger partial charge in [0.2, 0.25) is 11.8 Å². The Morgan fingerprint density at radius 1 is 1.27 bits per heavy atom. The lowest BCUT2D eigenvalue weighted by Gasteiger charge is -2.27. The van der Waals surface area contributed by atoms with Gasteiger partial charge in [-0.15, -0.1) is 0 Å². The Bertz CT molecular complexity index is 911. The number of imide groups is 2. The lowest BCUT2D eigenvalue weighted by molar-refractivity contribution is -0.136. The van der Waals surface area contributed by atoms with Crippen LogP contribution in [0.3, 0.4) is 0 Å². The molecule has 1 saturated heterocycles. The number of benzene rings is 1. The topological polar surface area (TPSA) is 136 Å². The first-order chi connectivity index (χ1) is 12.4. The van der Waals surface area contributed by atoms with E-state index >= 15 is 0 Å². The number of hydrogen-bond donors (Lipinski definition) is 2. The van der Waals surface area contributed by atoms with Gasteiger partial charge in [0.1, 0.15) is 6.04 Å². The highest BCUT2D eigenvalue weighted by Crippen LogP contribution is 2.29. The Morgan fingerprint density at radius 2 is 2.04 bits per heavy atom. The van der Waals surface area contributed by atoms with Gasteiger partial charge in [0.15, 0.2) is 6.61 Å². The van der Waals surface area contributed by atoms with E-state index < -0.39 is 35.8 Å². The van der Waals surface area contributed by atoms with E-state index in [0.29, 0.717) is 0 Å². The van der Waals surface area contributed by atoms with Gasteiger partial charge in [0.25, 0.3) is 11.8 Å². The maximum atomic E-state index is 12.8. The number of amides is 5. The summed E-state index contributed by atoms with van der Waals surface area (Å²) in [6.45, 7) is -0.266. The van der Waals surface area contributed by atoms with Gasteiger partial charge in [-0.3, -0.25) is 29.4 Å². The van der Waals surface area contributed by atoms with Crippen LogP contribution in [0.1, 0.15) is 39.1 Å². The number of carbonyl (C=O) groups is 5. The Balaban J connectivity index is 1.90. The van der Waals surface area contributed by atoms with Gasteiger partial charge in [-0.1, -0.05) is 17.9 Å². The van der Waals surface area contributed by atoms with Gasteiger partial charge in [0, 0.05) is 12.0 Å². The fourth-order valence-electron chi connectivity index (χ4n) is 2.86. The summed E-state index contributed by atoms with van der Waals surface area (Å²) >= 11 is 0. The summed E-state index contributed by atoms with van der Waals surface area (Å²) in [4.78, 5) is 60.1. The third-order valence-corrected chi connectivity index (χ3v) is 3.98. The Morgan fingerprint density at radius 3 is 2.73 bits per heavy atom. The molecule has 9 nitrogen and oxygen atoms in total. The number of piperidine rings is 1. The molecule has 5 amide bonds. The zero-order valence-corrected chi connectivity index (χ0v) is 13.4. The molecule has 0 aliphatic carbocycles. The summed E-state index contributed by atoms with van der Waals surface area (Å²) in [5.74, 6) is 2.79. The maximum absolute atomic E-state index is 12.8. The van der Waals surface area contributed by atoms with Gasteiger partial charge in [0.05, 0.1) is 11.1 Å². The number of nitrogens with zero attached hydrogens (tertiary/aromatic N) is 1. The Labute approximate surface area is 147 Å². The van der Waals surface area contributed by atoms with Gasteiger partial charge < -0.3 is 10.5 Å². The van der Waals surface area contributed by atoms with E-state index in [1.54, 1.807) is 6.07 Å². The van der Waals surface area contributed by atoms with Crippen LogP contribution in [0.5, 0.6) is 0 Å². The number of rotatable bonds is 2. The van der Waals surface area contributed by atoms with Crippen molar-refractivity contribution >= 4 is 29.7 Å². The number of hydrogen-bond acceptors (Lipinski definition) is 6. The molecule has 0 radical (unpaired) electrons.